The number of carbonyl (C=O) groups excluding carboxylic acids is 1. The lowest BCUT2D eigenvalue weighted by Crippen LogP contribution is -2.25. The second-order valence-electron chi connectivity index (χ2n) is 6.55. The zero-order chi connectivity index (χ0) is 18.0. The van der Waals surface area contributed by atoms with E-state index in [9.17, 15) is 9.36 Å². The Labute approximate surface area is 143 Å². The Morgan fingerprint density at radius 3 is 2.17 bits per heavy atom. The fourth-order valence-electron chi connectivity index (χ4n) is 2.45. The van der Waals surface area contributed by atoms with Crippen LogP contribution in [0, 0.1) is 6.92 Å². The molecule has 0 aromatic heterocycles. The number of rotatable bonds is 5. The summed E-state index contributed by atoms with van der Waals surface area (Å²) in [7, 11) is -2.30. The molecule has 1 atom stereocenters. The lowest BCUT2D eigenvalue weighted by Gasteiger charge is -2.27. The minimum absolute atomic E-state index is 0.302. The highest BCUT2D eigenvalue weighted by Crippen LogP contribution is 2.53. The van der Waals surface area contributed by atoms with E-state index in [1.807, 2.05) is 6.07 Å². The highest BCUT2D eigenvalue weighted by Gasteiger charge is 2.41. The first-order valence-corrected chi connectivity index (χ1v) is 9.36. The molecule has 0 saturated heterocycles. The molecule has 0 bridgehead atoms. The van der Waals surface area contributed by atoms with Crippen molar-refractivity contribution in [3.8, 4) is 5.75 Å². The first-order valence-electron chi connectivity index (χ1n) is 7.74. The summed E-state index contributed by atoms with van der Waals surface area (Å²) in [6.07, 6.45) is 0. The Hall–Kier alpha value is -1.90. The van der Waals surface area contributed by atoms with E-state index in [1.54, 1.807) is 70.2 Å². The first kappa shape index (κ1) is 18.4. The van der Waals surface area contributed by atoms with Crippen molar-refractivity contribution < 1.29 is 18.6 Å². The lowest BCUT2D eigenvalue weighted by atomic mass is 10.1. The van der Waals surface area contributed by atoms with Crippen LogP contribution < -0.4 is 10.0 Å². The van der Waals surface area contributed by atoms with Crippen LogP contribution in [0.25, 0.3) is 0 Å². The number of aryl methyl sites for hydroxylation is 1. The third-order valence-electron chi connectivity index (χ3n) is 3.43. The Morgan fingerprint density at radius 1 is 1.00 bits per heavy atom. The molecule has 0 saturated carbocycles. The van der Waals surface area contributed by atoms with Crippen molar-refractivity contribution in [3.63, 3.8) is 0 Å². The van der Waals surface area contributed by atoms with Crippen LogP contribution in [0.2, 0.25) is 0 Å². The molecular formula is C19H23O4P. The van der Waals surface area contributed by atoms with Crippen molar-refractivity contribution in [1.82, 2.24) is 0 Å². The summed E-state index contributed by atoms with van der Waals surface area (Å²) in [5, 5.41) is 0.384. The summed E-state index contributed by atoms with van der Waals surface area (Å²) in [6, 6.07) is 13.9. The van der Waals surface area contributed by atoms with Gasteiger partial charge in [0.15, 0.2) is 0 Å². The molecule has 0 aliphatic carbocycles. The summed E-state index contributed by atoms with van der Waals surface area (Å²) in [5.74, 6) is 0.397. The maximum atomic E-state index is 13.7. The highest BCUT2D eigenvalue weighted by molar-refractivity contribution is 7.83. The Bertz CT molecular complexity index is 776. The summed E-state index contributed by atoms with van der Waals surface area (Å²) < 4.78 is 24.9. The van der Waals surface area contributed by atoms with Gasteiger partial charge in [0.25, 0.3) is 5.52 Å². The fourth-order valence-corrected chi connectivity index (χ4v) is 4.79. The zero-order valence-corrected chi connectivity index (χ0v) is 15.6. The monoisotopic (exact) mass is 346 g/mol. The van der Waals surface area contributed by atoms with Gasteiger partial charge < -0.3 is 9.26 Å². The van der Waals surface area contributed by atoms with E-state index in [4.69, 9.17) is 9.26 Å². The molecule has 128 valence electrons. The van der Waals surface area contributed by atoms with Gasteiger partial charge in [-0.05, 0) is 51.5 Å². The zero-order valence-electron chi connectivity index (χ0n) is 14.7. The van der Waals surface area contributed by atoms with E-state index < -0.39 is 18.5 Å². The molecule has 4 nitrogen and oxygen atoms in total. The first-order chi connectivity index (χ1) is 11.2. The molecule has 0 radical (unpaired) electrons. The van der Waals surface area contributed by atoms with Gasteiger partial charge in [0.1, 0.15) is 5.75 Å². The van der Waals surface area contributed by atoms with Crippen LogP contribution in [0.15, 0.2) is 48.5 Å². The molecule has 5 heteroatoms. The van der Waals surface area contributed by atoms with Crippen LogP contribution in [-0.4, -0.2) is 18.2 Å². The van der Waals surface area contributed by atoms with Gasteiger partial charge in [-0.15, -0.1) is 0 Å². The molecule has 2 rings (SSSR count). The quantitative estimate of drug-likeness (QED) is 0.745. The molecule has 0 aliphatic heterocycles. The van der Waals surface area contributed by atoms with Crippen LogP contribution in [0.4, 0.5) is 0 Å². The Balaban J connectivity index is 2.65. The van der Waals surface area contributed by atoms with Crippen molar-refractivity contribution in [3.05, 3.63) is 59.7 Å². The minimum atomic E-state index is -3.79. The largest absolute Gasteiger partial charge is 0.496 e. The molecule has 24 heavy (non-hydrogen) atoms. The number of carbonyl (C=O) groups is 1. The number of methoxy groups -OCH3 is 1. The molecule has 0 N–H and O–H groups in total. The Kier molecular flexibility index (Phi) is 5.32. The molecule has 0 aliphatic rings. The molecule has 0 fully saturated rings. The van der Waals surface area contributed by atoms with Gasteiger partial charge in [0, 0.05) is 5.30 Å². The molecule has 1 unspecified atom stereocenters. The molecular weight excluding hydrogens is 323 g/mol. The van der Waals surface area contributed by atoms with E-state index in [2.05, 4.69) is 0 Å². The van der Waals surface area contributed by atoms with E-state index in [0.29, 0.717) is 22.2 Å². The van der Waals surface area contributed by atoms with Crippen LogP contribution in [0.5, 0.6) is 5.75 Å². The third kappa shape index (κ3) is 3.77. The standard InChI is InChI=1S/C19H23O4P/c1-14-10-9-13-16(22-5)17(14)18(20)24(21,23-19(2,3)4)15-11-7-6-8-12-15/h6-13H,1-5H3. The van der Waals surface area contributed by atoms with Gasteiger partial charge in [-0.1, -0.05) is 30.3 Å². The summed E-state index contributed by atoms with van der Waals surface area (Å²) in [6.45, 7) is 7.14. The van der Waals surface area contributed by atoms with Crippen molar-refractivity contribution in [1.29, 1.82) is 0 Å². The maximum absolute atomic E-state index is 13.7. The fraction of sp³-hybridized carbons (Fsp3) is 0.316. The van der Waals surface area contributed by atoms with Gasteiger partial charge in [-0.25, -0.2) is 0 Å². The topological polar surface area (TPSA) is 52.6 Å². The summed E-state index contributed by atoms with van der Waals surface area (Å²) in [5.41, 5.74) is -0.278. The average molecular weight is 346 g/mol. The number of ether oxygens (including phenoxy) is 1. The van der Waals surface area contributed by atoms with E-state index >= 15 is 0 Å². The van der Waals surface area contributed by atoms with Gasteiger partial charge in [0.2, 0.25) is 0 Å². The van der Waals surface area contributed by atoms with E-state index in [-0.39, 0.29) is 0 Å². The predicted molar refractivity (Wildman–Crippen MR) is 96.6 cm³/mol. The van der Waals surface area contributed by atoms with Crippen molar-refractivity contribution in [2.24, 2.45) is 0 Å². The average Bonchev–Trinajstić information content (AvgIpc) is 2.53. The minimum Gasteiger partial charge on any atom is -0.496 e. The maximum Gasteiger partial charge on any atom is 0.301 e. The number of benzene rings is 2. The van der Waals surface area contributed by atoms with Crippen molar-refractivity contribution in [2.75, 3.05) is 7.11 Å². The van der Waals surface area contributed by atoms with E-state index in [1.165, 1.54) is 7.11 Å². The highest BCUT2D eigenvalue weighted by atomic mass is 31.2. The number of hydrogen-bond donors (Lipinski definition) is 0. The SMILES string of the molecule is COc1cccc(C)c1C(=O)P(=O)(OC(C)(C)C)c1ccccc1. The van der Waals surface area contributed by atoms with Crippen LogP contribution in [0.1, 0.15) is 36.7 Å². The van der Waals surface area contributed by atoms with Crippen LogP contribution >= 0.6 is 7.37 Å². The second kappa shape index (κ2) is 6.92. The normalized spacial score (nSPS) is 14.0. The second-order valence-corrected chi connectivity index (χ2v) is 8.76. The van der Waals surface area contributed by atoms with Gasteiger partial charge in [-0.3, -0.25) is 9.36 Å². The van der Waals surface area contributed by atoms with E-state index in [0.717, 1.165) is 0 Å². The summed E-state index contributed by atoms with van der Waals surface area (Å²) >= 11 is 0. The van der Waals surface area contributed by atoms with Gasteiger partial charge in [0.05, 0.1) is 18.3 Å². The predicted octanol–water partition coefficient (Wildman–Crippen LogP) is 4.56. The Morgan fingerprint density at radius 2 is 1.62 bits per heavy atom. The van der Waals surface area contributed by atoms with Gasteiger partial charge in [-0.2, -0.15) is 0 Å². The van der Waals surface area contributed by atoms with Crippen molar-refractivity contribution in [2.45, 2.75) is 33.3 Å². The molecule has 2 aromatic carbocycles. The molecule has 0 amide bonds. The summed E-state index contributed by atoms with van der Waals surface area (Å²) in [4.78, 5) is 13.3. The molecule has 2 aromatic rings. The third-order valence-corrected chi connectivity index (χ3v) is 5.98. The van der Waals surface area contributed by atoms with Crippen molar-refractivity contribution >= 4 is 18.2 Å². The molecule has 0 heterocycles. The van der Waals surface area contributed by atoms with Gasteiger partial charge >= 0.3 is 7.37 Å². The molecule has 0 spiro atoms. The lowest BCUT2D eigenvalue weighted by molar-refractivity contribution is 0.0975. The smallest absolute Gasteiger partial charge is 0.301 e. The van der Waals surface area contributed by atoms with Crippen LogP contribution in [0.3, 0.4) is 0 Å². The number of hydrogen-bond acceptors (Lipinski definition) is 4. The van der Waals surface area contributed by atoms with Crippen LogP contribution in [-0.2, 0) is 9.09 Å².